The fraction of sp³-hybridized carbons (Fsp3) is 0.333. The summed E-state index contributed by atoms with van der Waals surface area (Å²) < 4.78 is 13.5. The van der Waals surface area contributed by atoms with Gasteiger partial charge in [-0.3, -0.25) is 14.5 Å². The van der Waals surface area contributed by atoms with Crippen LogP contribution in [0.1, 0.15) is 15.2 Å². The van der Waals surface area contributed by atoms with Crippen LogP contribution in [0.5, 0.6) is 0 Å². The molecular formula is C18H20FN3O2S. The first-order chi connectivity index (χ1) is 12.0. The molecule has 1 aliphatic heterocycles. The average Bonchev–Trinajstić information content (AvgIpc) is 3.13. The molecule has 7 heteroatoms. The van der Waals surface area contributed by atoms with E-state index >= 15 is 0 Å². The Labute approximate surface area is 150 Å². The minimum absolute atomic E-state index is 0.0502. The van der Waals surface area contributed by atoms with Gasteiger partial charge >= 0.3 is 0 Å². The Bertz CT molecular complexity index is 756. The first-order valence-corrected chi connectivity index (χ1v) is 9.02. The molecule has 25 heavy (non-hydrogen) atoms. The zero-order chi connectivity index (χ0) is 17.8. The highest BCUT2D eigenvalue weighted by molar-refractivity contribution is 7.12. The molecule has 5 nitrogen and oxygen atoms in total. The lowest BCUT2D eigenvalue weighted by molar-refractivity contribution is -0.117. The summed E-state index contributed by atoms with van der Waals surface area (Å²) in [5.41, 5.74) is 1.00. The summed E-state index contributed by atoms with van der Waals surface area (Å²) in [6, 6.07) is 8.35. The third-order valence-electron chi connectivity index (χ3n) is 4.21. The van der Waals surface area contributed by atoms with E-state index in [1.54, 1.807) is 19.1 Å². The maximum absolute atomic E-state index is 13.5. The predicted octanol–water partition coefficient (Wildman–Crippen LogP) is 2.59. The van der Waals surface area contributed by atoms with E-state index in [2.05, 4.69) is 5.32 Å². The predicted molar refractivity (Wildman–Crippen MR) is 96.4 cm³/mol. The summed E-state index contributed by atoms with van der Waals surface area (Å²) in [7, 11) is 0. The van der Waals surface area contributed by atoms with Crippen LogP contribution in [-0.2, 0) is 4.79 Å². The highest BCUT2D eigenvalue weighted by Crippen LogP contribution is 2.15. The molecule has 1 aliphatic rings. The number of halogens is 1. The molecule has 1 aromatic heterocycles. The van der Waals surface area contributed by atoms with Crippen LogP contribution in [-0.4, -0.2) is 54.3 Å². The van der Waals surface area contributed by atoms with Crippen molar-refractivity contribution >= 4 is 28.8 Å². The molecule has 2 heterocycles. The lowest BCUT2D eigenvalue weighted by Crippen LogP contribution is -2.50. The lowest BCUT2D eigenvalue weighted by atomic mass is 10.2. The maximum Gasteiger partial charge on any atom is 0.264 e. The molecule has 0 unspecified atom stereocenters. The summed E-state index contributed by atoms with van der Waals surface area (Å²) >= 11 is 1.44. The van der Waals surface area contributed by atoms with E-state index in [-0.39, 0.29) is 24.2 Å². The maximum atomic E-state index is 13.5. The SMILES string of the molecule is Cc1ccc(NC(=O)CN2CCN(C(=O)c3cccs3)CC2)cc1F. The number of thiophene rings is 1. The summed E-state index contributed by atoms with van der Waals surface area (Å²) in [6.45, 7) is 4.40. The zero-order valence-corrected chi connectivity index (χ0v) is 14.8. The summed E-state index contributed by atoms with van der Waals surface area (Å²) in [4.78, 5) is 29.0. The smallest absolute Gasteiger partial charge is 0.264 e. The van der Waals surface area contributed by atoms with Crippen molar-refractivity contribution in [3.05, 3.63) is 52.0 Å². The van der Waals surface area contributed by atoms with E-state index in [4.69, 9.17) is 0 Å². The Hall–Kier alpha value is -2.25. The van der Waals surface area contributed by atoms with E-state index in [9.17, 15) is 14.0 Å². The normalized spacial score (nSPS) is 15.2. The van der Waals surface area contributed by atoms with Crippen LogP contribution < -0.4 is 5.32 Å². The van der Waals surface area contributed by atoms with Crippen molar-refractivity contribution in [2.75, 3.05) is 38.0 Å². The third kappa shape index (κ3) is 4.43. The van der Waals surface area contributed by atoms with E-state index in [1.807, 2.05) is 27.3 Å². The topological polar surface area (TPSA) is 52.7 Å². The Balaban J connectivity index is 1.47. The first kappa shape index (κ1) is 17.6. The fourth-order valence-corrected chi connectivity index (χ4v) is 3.43. The van der Waals surface area contributed by atoms with Crippen molar-refractivity contribution in [1.82, 2.24) is 9.80 Å². The van der Waals surface area contributed by atoms with Crippen molar-refractivity contribution < 1.29 is 14.0 Å². The number of amides is 2. The highest BCUT2D eigenvalue weighted by atomic mass is 32.1. The van der Waals surface area contributed by atoms with Crippen LogP contribution in [0.2, 0.25) is 0 Å². The summed E-state index contributed by atoms with van der Waals surface area (Å²) in [5.74, 6) is -0.464. The van der Waals surface area contributed by atoms with Crippen LogP contribution in [0, 0.1) is 12.7 Å². The number of carbonyl (C=O) groups excluding carboxylic acids is 2. The van der Waals surface area contributed by atoms with E-state index in [0.717, 1.165) is 4.88 Å². The van der Waals surface area contributed by atoms with E-state index in [0.29, 0.717) is 37.4 Å². The number of nitrogens with zero attached hydrogens (tertiary/aromatic N) is 2. The van der Waals surface area contributed by atoms with Gasteiger partial charge in [-0.2, -0.15) is 0 Å². The zero-order valence-electron chi connectivity index (χ0n) is 14.0. The Morgan fingerprint density at radius 3 is 2.60 bits per heavy atom. The standard InChI is InChI=1S/C18H20FN3O2S/c1-13-4-5-14(11-15(13)19)20-17(23)12-21-6-8-22(9-7-21)18(24)16-3-2-10-25-16/h2-5,10-11H,6-9,12H2,1H3,(H,20,23). The second kappa shape index (κ2) is 7.76. The molecule has 1 saturated heterocycles. The van der Waals surface area contributed by atoms with Crippen molar-refractivity contribution in [2.45, 2.75) is 6.92 Å². The van der Waals surface area contributed by atoms with Crippen molar-refractivity contribution in [3.8, 4) is 0 Å². The van der Waals surface area contributed by atoms with Crippen LogP contribution >= 0.6 is 11.3 Å². The van der Waals surface area contributed by atoms with Crippen molar-refractivity contribution in [2.24, 2.45) is 0 Å². The summed E-state index contributed by atoms with van der Waals surface area (Å²) in [6.07, 6.45) is 0. The van der Waals surface area contributed by atoms with Gasteiger partial charge in [0, 0.05) is 31.9 Å². The van der Waals surface area contributed by atoms with Crippen LogP contribution in [0.3, 0.4) is 0 Å². The molecule has 1 N–H and O–H groups in total. The number of nitrogens with one attached hydrogen (secondary N) is 1. The van der Waals surface area contributed by atoms with Gasteiger partial charge in [-0.05, 0) is 36.1 Å². The van der Waals surface area contributed by atoms with Crippen LogP contribution in [0.15, 0.2) is 35.7 Å². The largest absolute Gasteiger partial charge is 0.335 e. The highest BCUT2D eigenvalue weighted by Gasteiger charge is 2.23. The third-order valence-corrected chi connectivity index (χ3v) is 5.07. The molecule has 2 aromatic rings. The quantitative estimate of drug-likeness (QED) is 0.911. The van der Waals surface area contributed by atoms with Crippen LogP contribution in [0.4, 0.5) is 10.1 Å². The Kier molecular flexibility index (Phi) is 5.45. The number of hydrogen-bond acceptors (Lipinski definition) is 4. The Morgan fingerprint density at radius 1 is 1.20 bits per heavy atom. The van der Waals surface area contributed by atoms with Crippen LogP contribution in [0.25, 0.3) is 0 Å². The minimum Gasteiger partial charge on any atom is -0.335 e. The Morgan fingerprint density at radius 2 is 1.96 bits per heavy atom. The number of piperazine rings is 1. The number of rotatable bonds is 4. The first-order valence-electron chi connectivity index (χ1n) is 8.14. The molecule has 1 aromatic carbocycles. The van der Waals surface area contributed by atoms with Crippen molar-refractivity contribution in [3.63, 3.8) is 0 Å². The van der Waals surface area contributed by atoms with E-state index in [1.165, 1.54) is 17.4 Å². The second-order valence-corrected chi connectivity index (χ2v) is 7.01. The van der Waals surface area contributed by atoms with Gasteiger partial charge in [0.25, 0.3) is 5.91 Å². The number of carbonyl (C=O) groups is 2. The molecule has 0 atom stereocenters. The molecule has 0 bridgehead atoms. The molecule has 3 rings (SSSR count). The molecular weight excluding hydrogens is 341 g/mol. The van der Waals surface area contributed by atoms with Gasteiger partial charge in [0.2, 0.25) is 5.91 Å². The van der Waals surface area contributed by atoms with Gasteiger partial charge in [0.05, 0.1) is 11.4 Å². The fourth-order valence-electron chi connectivity index (χ4n) is 2.74. The molecule has 132 valence electrons. The van der Waals surface area contributed by atoms with E-state index < -0.39 is 0 Å². The molecule has 0 aliphatic carbocycles. The summed E-state index contributed by atoms with van der Waals surface area (Å²) in [5, 5.41) is 4.60. The molecule has 0 radical (unpaired) electrons. The number of anilines is 1. The van der Waals surface area contributed by atoms with Gasteiger partial charge in [-0.15, -0.1) is 11.3 Å². The van der Waals surface area contributed by atoms with Gasteiger partial charge in [-0.25, -0.2) is 4.39 Å². The van der Waals surface area contributed by atoms with Gasteiger partial charge in [-0.1, -0.05) is 12.1 Å². The minimum atomic E-state index is -0.335. The molecule has 2 amide bonds. The lowest BCUT2D eigenvalue weighted by Gasteiger charge is -2.34. The van der Waals surface area contributed by atoms with Crippen molar-refractivity contribution in [1.29, 1.82) is 0 Å². The molecule has 0 spiro atoms. The number of hydrogen-bond donors (Lipinski definition) is 1. The number of benzene rings is 1. The second-order valence-electron chi connectivity index (χ2n) is 6.06. The van der Waals surface area contributed by atoms with Gasteiger partial charge in [0.15, 0.2) is 0 Å². The van der Waals surface area contributed by atoms with Gasteiger partial charge in [0.1, 0.15) is 5.82 Å². The average molecular weight is 361 g/mol. The molecule has 0 saturated carbocycles. The monoisotopic (exact) mass is 361 g/mol. The molecule has 1 fully saturated rings. The number of aryl methyl sites for hydroxylation is 1. The van der Waals surface area contributed by atoms with Gasteiger partial charge < -0.3 is 10.2 Å².